The number of aryl methyl sites for hydroxylation is 2. The third kappa shape index (κ3) is 4.65. The van der Waals surface area contributed by atoms with Crippen molar-refractivity contribution in [3.63, 3.8) is 0 Å². The van der Waals surface area contributed by atoms with Gasteiger partial charge in [-0.25, -0.2) is 14.5 Å². The van der Waals surface area contributed by atoms with Crippen LogP contribution in [-0.2, 0) is 13.2 Å². The number of likely N-dealkylation sites (tertiary alicyclic amines) is 1. The summed E-state index contributed by atoms with van der Waals surface area (Å²) < 4.78 is 48.7. The molecule has 5 heterocycles. The van der Waals surface area contributed by atoms with Crippen molar-refractivity contribution in [3.8, 4) is 17.0 Å². The van der Waals surface area contributed by atoms with Crippen molar-refractivity contribution in [2.24, 2.45) is 7.05 Å². The fraction of sp³-hybridized carbons (Fsp3) is 0.391. The highest BCUT2D eigenvalue weighted by Crippen LogP contribution is 2.32. The second kappa shape index (κ2) is 8.84. The smallest absolute Gasteiger partial charge is 0.451 e. The van der Waals surface area contributed by atoms with E-state index >= 15 is 0 Å². The Morgan fingerprint density at radius 1 is 1.17 bits per heavy atom. The standard InChI is InChI=1S/C23H25F3N8O/c1-4-33-7-6-16(33)13-35-18-12-27-32(3)21(18)15-5-8-34-17(10-15)11-20(31-34)29-19-9-14(2)28-22(30-19)23(24,25)26/h5,8-12,16H,4,6-7,13H2,1-3H3,(H,28,29,30,31)/t16-/m0/s1. The molecule has 0 spiro atoms. The minimum Gasteiger partial charge on any atom is -0.488 e. The van der Waals surface area contributed by atoms with E-state index in [-0.39, 0.29) is 11.5 Å². The number of nitrogens with zero attached hydrogens (tertiary/aromatic N) is 7. The van der Waals surface area contributed by atoms with Crippen molar-refractivity contribution in [1.29, 1.82) is 0 Å². The van der Waals surface area contributed by atoms with Gasteiger partial charge in [0.2, 0.25) is 5.82 Å². The van der Waals surface area contributed by atoms with Crippen LogP contribution in [0.2, 0.25) is 0 Å². The monoisotopic (exact) mass is 486 g/mol. The summed E-state index contributed by atoms with van der Waals surface area (Å²) in [4.78, 5) is 9.42. The molecule has 35 heavy (non-hydrogen) atoms. The molecule has 1 atom stereocenters. The maximum Gasteiger partial charge on any atom is 0.451 e. The molecule has 0 aromatic carbocycles. The third-order valence-corrected chi connectivity index (χ3v) is 6.11. The Labute approximate surface area is 199 Å². The van der Waals surface area contributed by atoms with E-state index in [1.165, 1.54) is 13.0 Å². The largest absolute Gasteiger partial charge is 0.488 e. The Morgan fingerprint density at radius 3 is 2.71 bits per heavy atom. The van der Waals surface area contributed by atoms with Crippen LogP contribution in [0, 0.1) is 6.92 Å². The van der Waals surface area contributed by atoms with Crippen LogP contribution in [0.3, 0.4) is 0 Å². The summed E-state index contributed by atoms with van der Waals surface area (Å²) in [7, 11) is 1.85. The molecule has 1 aliphatic heterocycles. The van der Waals surface area contributed by atoms with Crippen LogP contribution in [0.5, 0.6) is 5.75 Å². The first kappa shape index (κ1) is 23.1. The van der Waals surface area contributed by atoms with Gasteiger partial charge in [0.1, 0.15) is 18.1 Å². The predicted octanol–water partition coefficient (Wildman–Crippen LogP) is 4.07. The zero-order valence-electron chi connectivity index (χ0n) is 19.5. The number of halogens is 3. The highest BCUT2D eigenvalue weighted by molar-refractivity contribution is 5.72. The van der Waals surface area contributed by atoms with Crippen LogP contribution in [-0.4, -0.2) is 60.0 Å². The van der Waals surface area contributed by atoms with Crippen molar-refractivity contribution in [2.75, 3.05) is 25.0 Å². The number of fused-ring (bicyclic) bond motifs is 1. The molecule has 1 N–H and O–H groups in total. The van der Waals surface area contributed by atoms with Crippen LogP contribution >= 0.6 is 0 Å². The number of aromatic nitrogens is 6. The minimum atomic E-state index is -4.63. The topological polar surface area (TPSA) is 85.4 Å². The number of ether oxygens (including phenoxy) is 1. The number of hydrogen-bond donors (Lipinski definition) is 1. The number of anilines is 2. The molecule has 0 aliphatic carbocycles. The summed E-state index contributed by atoms with van der Waals surface area (Å²) in [6, 6.07) is 7.41. The lowest BCUT2D eigenvalue weighted by molar-refractivity contribution is -0.145. The molecule has 12 heteroatoms. The molecule has 5 rings (SSSR count). The van der Waals surface area contributed by atoms with Crippen molar-refractivity contribution in [3.05, 3.63) is 48.2 Å². The van der Waals surface area contributed by atoms with E-state index in [0.717, 1.165) is 36.3 Å². The Kier molecular flexibility index (Phi) is 5.83. The molecule has 1 aliphatic rings. The first-order valence-electron chi connectivity index (χ1n) is 11.3. The number of rotatable bonds is 7. The molecule has 0 radical (unpaired) electrons. The van der Waals surface area contributed by atoms with E-state index in [0.29, 0.717) is 24.2 Å². The van der Waals surface area contributed by atoms with Crippen LogP contribution in [0.1, 0.15) is 24.9 Å². The Bertz CT molecular complexity index is 1360. The van der Waals surface area contributed by atoms with Gasteiger partial charge < -0.3 is 10.1 Å². The van der Waals surface area contributed by atoms with Crippen LogP contribution in [0.4, 0.5) is 24.8 Å². The van der Waals surface area contributed by atoms with Crippen molar-refractivity contribution in [1.82, 2.24) is 34.3 Å². The Balaban J connectivity index is 1.38. The van der Waals surface area contributed by atoms with Crippen LogP contribution in [0.15, 0.2) is 36.7 Å². The zero-order chi connectivity index (χ0) is 24.7. The van der Waals surface area contributed by atoms with E-state index in [4.69, 9.17) is 4.74 Å². The lowest BCUT2D eigenvalue weighted by atomic mass is 10.0. The van der Waals surface area contributed by atoms with Gasteiger partial charge in [-0.2, -0.15) is 23.4 Å². The molecule has 0 saturated carbocycles. The molecule has 4 aromatic rings. The van der Waals surface area contributed by atoms with E-state index < -0.39 is 12.0 Å². The first-order chi connectivity index (χ1) is 16.7. The summed E-state index contributed by atoms with van der Waals surface area (Å²) in [6.45, 7) is 6.34. The van der Waals surface area contributed by atoms with E-state index in [1.54, 1.807) is 27.7 Å². The summed E-state index contributed by atoms with van der Waals surface area (Å²) >= 11 is 0. The van der Waals surface area contributed by atoms with Crippen LogP contribution in [0.25, 0.3) is 16.8 Å². The van der Waals surface area contributed by atoms with Gasteiger partial charge >= 0.3 is 6.18 Å². The second-order valence-corrected chi connectivity index (χ2v) is 8.52. The lowest BCUT2D eigenvalue weighted by Gasteiger charge is -2.39. The highest BCUT2D eigenvalue weighted by atomic mass is 19.4. The molecule has 184 valence electrons. The fourth-order valence-electron chi connectivity index (χ4n) is 4.23. The number of likely N-dealkylation sites (N-methyl/N-ethyl adjacent to an activating group) is 1. The van der Waals surface area contributed by atoms with Gasteiger partial charge in [0.05, 0.1) is 11.7 Å². The van der Waals surface area contributed by atoms with E-state index in [2.05, 4.69) is 37.3 Å². The normalized spacial score (nSPS) is 16.5. The van der Waals surface area contributed by atoms with Gasteiger partial charge in [-0.15, -0.1) is 0 Å². The summed E-state index contributed by atoms with van der Waals surface area (Å²) in [5.41, 5.74) is 2.67. The van der Waals surface area contributed by atoms with Gasteiger partial charge in [-0.1, -0.05) is 6.92 Å². The SMILES string of the molecule is CCN1CC[C@H]1COc1cnn(C)c1-c1ccn2nc(Nc3cc(C)nc(C(F)(F)F)n3)cc2c1. The van der Waals surface area contributed by atoms with Crippen molar-refractivity contribution >= 4 is 17.2 Å². The Hall–Kier alpha value is -3.67. The van der Waals surface area contributed by atoms with Gasteiger partial charge in [0.25, 0.3) is 0 Å². The molecular weight excluding hydrogens is 461 g/mol. The van der Waals surface area contributed by atoms with Gasteiger partial charge in [0, 0.05) is 49.2 Å². The predicted molar refractivity (Wildman–Crippen MR) is 124 cm³/mol. The minimum absolute atomic E-state index is 0.0212. The maximum atomic E-state index is 13.1. The zero-order valence-corrected chi connectivity index (χ0v) is 19.5. The van der Waals surface area contributed by atoms with Crippen molar-refractivity contribution in [2.45, 2.75) is 32.5 Å². The number of alkyl halides is 3. The van der Waals surface area contributed by atoms with Gasteiger partial charge in [-0.05, 0) is 32.0 Å². The molecular formula is C23H25F3N8O. The summed E-state index contributed by atoms with van der Waals surface area (Å²) in [5.74, 6) is -0.111. The quantitative estimate of drug-likeness (QED) is 0.422. The first-order valence-corrected chi connectivity index (χ1v) is 11.3. The van der Waals surface area contributed by atoms with E-state index in [1.807, 2.05) is 19.2 Å². The summed E-state index contributed by atoms with van der Waals surface area (Å²) in [6.07, 6.45) is -0.0127. The molecule has 1 saturated heterocycles. The molecule has 0 bridgehead atoms. The molecule has 1 fully saturated rings. The second-order valence-electron chi connectivity index (χ2n) is 8.52. The lowest BCUT2D eigenvalue weighted by Crippen LogP contribution is -2.50. The molecule has 0 amide bonds. The Morgan fingerprint density at radius 2 is 2.00 bits per heavy atom. The van der Waals surface area contributed by atoms with E-state index in [9.17, 15) is 13.2 Å². The average Bonchev–Trinajstić information content (AvgIpc) is 3.34. The molecule has 0 unspecified atom stereocenters. The average molecular weight is 487 g/mol. The summed E-state index contributed by atoms with van der Waals surface area (Å²) in [5, 5.41) is 11.6. The molecule has 4 aromatic heterocycles. The highest BCUT2D eigenvalue weighted by Gasteiger charge is 2.35. The number of hydrogen-bond acceptors (Lipinski definition) is 7. The van der Waals surface area contributed by atoms with Gasteiger partial charge in [-0.3, -0.25) is 9.58 Å². The fourth-order valence-corrected chi connectivity index (χ4v) is 4.23. The third-order valence-electron chi connectivity index (χ3n) is 6.11. The van der Waals surface area contributed by atoms with Crippen LogP contribution < -0.4 is 10.1 Å². The van der Waals surface area contributed by atoms with Gasteiger partial charge in [0.15, 0.2) is 11.6 Å². The number of nitrogens with one attached hydrogen (secondary N) is 1. The number of pyridine rings is 1. The van der Waals surface area contributed by atoms with Crippen molar-refractivity contribution < 1.29 is 17.9 Å². The maximum absolute atomic E-state index is 13.1. The molecule has 9 nitrogen and oxygen atoms in total.